The molecular weight excluding hydrogens is 363 g/mol. The highest BCUT2D eigenvalue weighted by Gasteiger charge is 2.28. The van der Waals surface area contributed by atoms with Gasteiger partial charge in [-0.05, 0) is 53.5 Å². The van der Waals surface area contributed by atoms with Gasteiger partial charge in [-0.2, -0.15) is 0 Å². The molecule has 0 unspecified atom stereocenters. The van der Waals surface area contributed by atoms with E-state index in [2.05, 4.69) is 35.5 Å². The summed E-state index contributed by atoms with van der Waals surface area (Å²) in [5, 5.41) is 12.8. The van der Waals surface area contributed by atoms with E-state index in [4.69, 9.17) is 4.65 Å². The van der Waals surface area contributed by atoms with Crippen LogP contribution in [0, 0.1) is 0 Å². The Morgan fingerprint density at radius 2 is 1.79 bits per heavy atom. The van der Waals surface area contributed by atoms with Gasteiger partial charge in [0.2, 0.25) is 0 Å². The highest BCUT2D eigenvalue weighted by molar-refractivity contribution is 6.61. The number of carbonyl (C=O) groups is 1. The van der Waals surface area contributed by atoms with Crippen molar-refractivity contribution in [1.29, 1.82) is 0 Å². The molecule has 3 aromatic rings. The number of carbonyl (C=O) groups excluding carboxylic acids is 1. The van der Waals surface area contributed by atoms with Gasteiger partial charge < -0.3 is 15.0 Å². The van der Waals surface area contributed by atoms with Gasteiger partial charge in [0.05, 0.1) is 6.61 Å². The molecule has 146 valence electrons. The molecule has 0 fully saturated rings. The van der Waals surface area contributed by atoms with Gasteiger partial charge in [0, 0.05) is 24.3 Å². The van der Waals surface area contributed by atoms with Crippen molar-refractivity contribution in [2.45, 2.75) is 19.7 Å². The van der Waals surface area contributed by atoms with Crippen LogP contribution in [0.25, 0.3) is 0 Å². The van der Waals surface area contributed by atoms with E-state index < -0.39 is 7.12 Å². The molecule has 0 aromatic heterocycles. The number of nitrogens with zero attached hydrogens (tertiary/aromatic N) is 1. The molecule has 0 radical (unpaired) electrons. The van der Waals surface area contributed by atoms with Crippen molar-refractivity contribution >= 4 is 24.2 Å². The first-order valence-electron chi connectivity index (χ1n) is 9.64. The van der Waals surface area contributed by atoms with Gasteiger partial charge in [-0.25, -0.2) is 0 Å². The van der Waals surface area contributed by atoms with Crippen molar-refractivity contribution in [2.75, 3.05) is 12.4 Å². The Bertz CT molecular complexity index is 1010. The molecule has 4 rings (SSSR count). The summed E-state index contributed by atoms with van der Waals surface area (Å²) < 4.78 is 5.19. The minimum Gasteiger partial charge on any atom is -0.423 e. The summed E-state index contributed by atoms with van der Waals surface area (Å²) in [5.41, 5.74) is 5.21. The second-order valence-electron chi connectivity index (χ2n) is 7.39. The average Bonchev–Trinajstić information content (AvgIpc) is 3.09. The van der Waals surface area contributed by atoms with Crippen LogP contribution in [0.3, 0.4) is 0 Å². The highest BCUT2D eigenvalue weighted by Crippen LogP contribution is 2.16. The zero-order valence-electron chi connectivity index (χ0n) is 16.3. The predicted molar refractivity (Wildman–Crippen MR) is 115 cm³/mol. The van der Waals surface area contributed by atoms with E-state index in [0.29, 0.717) is 17.6 Å². The molecule has 3 aromatic carbocycles. The first-order valence-corrected chi connectivity index (χ1v) is 9.64. The fourth-order valence-corrected chi connectivity index (χ4v) is 3.57. The first-order chi connectivity index (χ1) is 14.1. The number of hydrogen-bond acceptors (Lipinski definition) is 4. The van der Waals surface area contributed by atoms with E-state index in [1.807, 2.05) is 42.5 Å². The predicted octanol–water partition coefficient (Wildman–Crippen LogP) is 2.79. The lowest BCUT2D eigenvalue weighted by Gasteiger charge is -2.17. The highest BCUT2D eigenvalue weighted by atomic mass is 16.5. The number of amides is 1. The standard InChI is InChI=1S/C23H23BN2O3/c1-26(14-17-6-3-2-4-7-17)15-18-8-5-9-21(12-18)25-23(27)19-10-11-20-16-29-24(28)22(20)13-19/h2-13,28H,14-16H2,1H3,(H,25,27). The number of benzene rings is 3. The number of nitrogens with one attached hydrogen (secondary N) is 1. The molecule has 0 bridgehead atoms. The van der Waals surface area contributed by atoms with E-state index in [9.17, 15) is 9.82 Å². The van der Waals surface area contributed by atoms with Crippen LogP contribution < -0.4 is 10.8 Å². The van der Waals surface area contributed by atoms with Crippen LogP contribution >= 0.6 is 0 Å². The van der Waals surface area contributed by atoms with Gasteiger partial charge >= 0.3 is 7.12 Å². The van der Waals surface area contributed by atoms with Crippen LogP contribution in [0.4, 0.5) is 5.69 Å². The third kappa shape index (κ3) is 4.74. The maximum absolute atomic E-state index is 12.7. The zero-order chi connectivity index (χ0) is 20.2. The molecule has 29 heavy (non-hydrogen) atoms. The lowest BCUT2D eigenvalue weighted by atomic mass is 9.79. The fraction of sp³-hybridized carbons (Fsp3) is 0.174. The maximum atomic E-state index is 12.7. The van der Waals surface area contributed by atoms with Crippen molar-refractivity contribution in [2.24, 2.45) is 0 Å². The maximum Gasteiger partial charge on any atom is 0.491 e. The van der Waals surface area contributed by atoms with Crippen molar-refractivity contribution in [1.82, 2.24) is 4.90 Å². The molecule has 6 heteroatoms. The third-order valence-corrected chi connectivity index (χ3v) is 5.00. The number of anilines is 1. The molecule has 2 N–H and O–H groups in total. The molecule has 1 aliphatic heterocycles. The zero-order valence-corrected chi connectivity index (χ0v) is 16.3. The van der Waals surface area contributed by atoms with E-state index in [0.717, 1.165) is 29.9 Å². The minimum absolute atomic E-state index is 0.207. The fourth-order valence-electron chi connectivity index (χ4n) is 3.57. The second-order valence-corrected chi connectivity index (χ2v) is 7.39. The molecule has 0 saturated carbocycles. The van der Waals surface area contributed by atoms with E-state index in [1.54, 1.807) is 12.1 Å². The van der Waals surface area contributed by atoms with Gasteiger partial charge in [0.1, 0.15) is 0 Å². The van der Waals surface area contributed by atoms with Crippen molar-refractivity contribution in [3.63, 3.8) is 0 Å². The molecule has 0 atom stereocenters. The van der Waals surface area contributed by atoms with Gasteiger partial charge in [0.15, 0.2) is 0 Å². The summed E-state index contributed by atoms with van der Waals surface area (Å²) in [6, 6.07) is 23.5. The van der Waals surface area contributed by atoms with Crippen molar-refractivity contribution in [3.05, 3.63) is 95.1 Å². The lowest BCUT2D eigenvalue weighted by Crippen LogP contribution is -2.29. The summed E-state index contributed by atoms with van der Waals surface area (Å²) in [6.45, 7) is 2.01. The van der Waals surface area contributed by atoms with Gasteiger partial charge in [-0.1, -0.05) is 48.5 Å². The van der Waals surface area contributed by atoms with E-state index >= 15 is 0 Å². The van der Waals surface area contributed by atoms with Crippen LogP contribution in [-0.4, -0.2) is 30.0 Å². The van der Waals surface area contributed by atoms with Crippen LogP contribution in [-0.2, 0) is 24.4 Å². The summed E-state index contributed by atoms with van der Waals surface area (Å²) >= 11 is 0. The summed E-state index contributed by atoms with van der Waals surface area (Å²) in [4.78, 5) is 14.9. The lowest BCUT2D eigenvalue weighted by molar-refractivity contribution is 0.102. The molecular formula is C23H23BN2O3. The van der Waals surface area contributed by atoms with E-state index in [1.165, 1.54) is 5.56 Å². The largest absolute Gasteiger partial charge is 0.491 e. The number of fused-ring (bicyclic) bond motifs is 1. The van der Waals surface area contributed by atoms with Gasteiger partial charge in [0.25, 0.3) is 5.91 Å². The van der Waals surface area contributed by atoms with Gasteiger partial charge in [-0.3, -0.25) is 9.69 Å². The van der Waals surface area contributed by atoms with Crippen LogP contribution in [0.5, 0.6) is 0 Å². The molecule has 1 aliphatic rings. The molecule has 1 amide bonds. The van der Waals surface area contributed by atoms with Crippen LogP contribution in [0.15, 0.2) is 72.8 Å². The average molecular weight is 386 g/mol. The smallest absolute Gasteiger partial charge is 0.423 e. The number of hydrogen-bond donors (Lipinski definition) is 2. The molecule has 0 aliphatic carbocycles. The Morgan fingerprint density at radius 1 is 1.03 bits per heavy atom. The Labute approximate surface area is 171 Å². The number of rotatable bonds is 6. The monoisotopic (exact) mass is 386 g/mol. The summed E-state index contributed by atoms with van der Waals surface area (Å²) in [5.74, 6) is -0.207. The molecule has 5 nitrogen and oxygen atoms in total. The second kappa shape index (κ2) is 8.61. The Balaban J connectivity index is 1.41. The van der Waals surface area contributed by atoms with Crippen LogP contribution in [0.1, 0.15) is 27.0 Å². The van der Waals surface area contributed by atoms with Crippen molar-refractivity contribution in [3.8, 4) is 0 Å². The van der Waals surface area contributed by atoms with Crippen LogP contribution in [0.2, 0.25) is 0 Å². The minimum atomic E-state index is -0.957. The SMILES string of the molecule is CN(Cc1ccccc1)Cc1cccc(NC(=O)c2ccc3c(c2)B(O)OC3)c1. The third-order valence-electron chi connectivity index (χ3n) is 5.00. The van der Waals surface area contributed by atoms with Gasteiger partial charge in [-0.15, -0.1) is 0 Å². The van der Waals surface area contributed by atoms with E-state index in [-0.39, 0.29) is 5.91 Å². The molecule has 0 spiro atoms. The summed E-state index contributed by atoms with van der Waals surface area (Å²) in [6.07, 6.45) is 0. The Kier molecular flexibility index (Phi) is 5.76. The Morgan fingerprint density at radius 3 is 2.62 bits per heavy atom. The normalized spacial score (nSPS) is 12.9. The first kappa shape index (κ1) is 19.4. The topological polar surface area (TPSA) is 61.8 Å². The quantitative estimate of drug-likeness (QED) is 0.640. The Hall–Kier alpha value is -2.93. The molecule has 0 saturated heterocycles. The summed E-state index contributed by atoms with van der Waals surface area (Å²) in [7, 11) is 1.12. The molecule has 1 heterocycles. The van der Waals surface area contributed by atoms with Crippen molar-refractivity contribution < 1.29 is 14.5 Å².